The molecule has 2 fully saturated rings. The zero-order valence-corrected chi connectivity index (χ0v) is 17.7. The second kappa shape index (κ2) is 8.74. The van der Waals surface area contributed by atoms with Crippen molar-refractivity contribution in [3.05, 3.63) is 65.2 Å². The zero-order chi connectivity index (χ0) is 21.2. The van der Waals surface area contributed by atoms with Gasteiger partial charge in [-0.15, -0.1) is 0 Å². The second-order valence-corrected chi connectivity index (χ2v) is 9.79. The van der Waals surface area contributed by atoms with Crippen molar-refractivity contribution in [2.75, 3.05) is 26.2 Å². The summed E-state index contributed by atoms with van der Waals surface area (Å²) in [4.78, 5) is 2.54. The van der Waals surface area contributed by atoms with Gasteiger partial charge in [0.05, 0.1) is 24.7 Å². The van der Waals surface area contributed by atoms with Crippen molar-refractivity contribution in [2.45, 2.75) is 43.2 Å². The molecule has 0 amide bonds. The van der Waals surface area contributed by atoms with Gasteiger partial charge in [-0.05, 0) is 28.8 Å². The highest BCUT2D eigenvalue weighted by molar-refractivity contribution is 7.89. The summed E-state index contributed by atoms with van der Waals surface area (Å²) in [5, 5.41) is 18.4. The summed E-state index contributed by atoms with van der Waals surface area (Å²) in [6.45, 7) is 2.96. The van der Waals surface area contributed by atoms with Crippen LogP contribution >= 0.6 is 0 Å². The predicted molar refractivity (Wildman–Crippen MR) is 112 cm³/mol. The molecular formula is C22H28N2O5S. The van der Waals surface area contributed by atoms with Gasteiger partial charge in [0.15, 0.2) is 0 Å². The number of sulfonamides is 1. The number of ether oxygens (including phenoxy) is 1. The summed E-state index contributed by atoms with van der Waals surface area (Å²) < 4.78 is 34.1. The van der Waals surface area contributed by atoms with E-state index in [2.05, 4.69) is 4.90 Å². The van der Waals surface area contributed by atoms with Crippen LogP contribution in [-0.2, 0) is 34.5 Å². The SMILES string of the molecule is O=S(=O)(c1ccc(CO)cc1)N1CCOC12CCN(Cc1ccc(CO)cc1)CC2. The largest absolute Gasteiger partial charge is 0.392 e. The Morgan fingerprint density at radius 3 is 1.93 bits per heavy atom. The lowest BCUT2D eigenvalue weighted by Crippen LogP contribution is -2.54. The molecule has 0 saturated carbocycles. The highest BCUT2D eigenvalue weighted by Crippen LogP contribution is 2.38. The standard InChI is InChI=1S/C22H28N2O5S/c25-16-19-3-1-18(2-4-19)15-23-11-9-22(10-12-23)24(13-14-29-22)30(27,28)21-7-5-20(17-26)6-8-21/h1-8,25-26H,9-17H2. The van der Waals surface area contributed by atoms with E-state index in [1.807, 2.05) is 24.3 Å². The molecule has 0 radical (unpaired) electrons. The van der Waals surface area contributed by atoms with E-state index in [0.717, 1.165) is 25.2 Å². The molecule has 0 aromatic heterocycles. The number of piperidine rings is 1. The Balaban J connectivity index is 1.45. The van der Waals surface area contributed by atoms with Crippen LogP contribution in [0.2, 0.25) is 0 Å². The Hall–Kier alpha value is -1.81. The Labute approximate surface area is 177 Å². The van der Waals surface area contributed by atoms with E-state index in [1.165, 1.54) is 9.87 Å². The van der Waals surface area contributed by atoms with Gasteiger partial charge in [0.2, 0.25) is 10.0 Å². The van der Waals surface area contributed by atoms with Crippen LogP contribution in [0.1, 0.15) is 29.5 Å². The normalized spacial score (nSPS) is 20.1. The van der Waals surface area contributed by atoms with Crippen molar-refractivity contribution < 1.29 is 23.4 Å². The number of nitrogens with zero attached hydrogens (tertiary/aromatic N) is 2. The first-order valence-electron chi connectivity index (χ1n) is 10.2. The van der Waals surface area contributed by atoms with Crippen molar-refractivity contribution in [2.24, 2.45) is 0 Å². The molecule has 8 heteroatoms. The van der Waals surface area contributed by atoms with Gasteiger partial charge >= 0.3 is 0 Å². The smallest absolute Gasteiger partial charge is 0.245 e. The number of hydrogen-bond acceptors (Lipinski definition) is 6. The molecule has 4 rings (SSSR count). The van der Waals surface area contributed by atoms with Crippen LogP contribution in [-0.4, -0.2) is 59.8 Å². The highest BCUT2D eigenvalue weighted by Gasteiger charge is 2.50. The maximum absolute atomic E-state index is 13.3. The molecule has 0 unspecified atom stereocenters. The molecule has 1 spiro atoms. The number of aliphatic hydroxyl groups is 2. The quantitative estimate of drug-likeness (QED) is 0.722. The number of rotatable bonds is 6. The maximum Gasteiger partial charge on any atom is 0.245 e. The van der Waals surface area contributed by atoms with E-state index in [1.54, 1.807) is 24.3 Å². The van der Waals surface area contributed by atoms with Crippen molar-refractivity contribution in [3.63, 3.8) is 0 Å². The average molecular weight is 433 g/mol. The molecule has 0 bridgehead atoms. The van der Waals surface area contributed by atoms with Gasteiger partial charge in [0.1, 0.15) is 5.72 Å². The Bertz CT molecular complexity index is 952. The van der Waals surface area contributed by atoms with E-state index in [-0.39, 0.29) is 18.1 Å². The van der Waals surface area contributed by atoms with Gasteiger partial charge in [0, 0.05) is 39.0 Å². The minimum absolute atomic E-state index is 0.0386. The van der Waals surface area contributed by atoms with Gasteiger partial charge in [-0.25, -0.2) is 8.42 Å². The molecule has 7 nitrogen and oxygen atoms in total. The van der Waals surface area contributed by atoms with Crippen LogP contribution in [0.3, 0.4) is 0 Å². The number of benzene rings is 2. The van der Waals surface area contributed by atoms with Gasteiger partial charge in [-0.1, -0.05) is 36.4 Å². The van der Waals surface area contributed by atoms with E-state index < -0.39 is 15.7 Å². The lowest BCUT2D eigenvalue weighted by molar-refractivity contribution is -0.0917. The van der Waals surface area contributed by atoms with E-state index in [0.29, 0.717) is 31.6 Å². The number of likely N-dealkylation sites (tertiary alicyclic amines) is 1. The molecule has 30 heavy (non-hydrogen) atoms. The monoisotopic (exact) mass is 432 g/mol. The fourth-order valence-corrected chi connectivity index (χ4v) is 6.01. The second-order valence-electron chi connectivity index (χ2n) is 7.92. The summed E-state index contributed by atoms with van der Waals surface area (Å²) in [6, 6.07) is 14.3. The van der Waals surface area contributed by atoms with E-state index >= 15 is 0 Å². The molecule has 2 aromatic rings. The van der Waals surface area contributed by atoms with Crippen LogP contribution < -0.4 is 0 Å². The summed E-state index contributed by atoms with van der Waals surface area (Å²) in [7, 11) is -3.67. The van der Waals surface area contributed by atoms with Crippen LogP contribution in [0.5, 0.6) is 0 Å². The molecule has 2 N–H and O–H groups in total. The molecule has 2 aliphatic heterocycles. The number of hydrogen-bond donors (Lipinski definition) is 2. The average Bonchev–Trinajstić information content (AvgIpc) is 3.20. The highest BCUT2D eigenvalue weighted by atomic mass is 32.2. The fourth-order valence-electron chi connectivity index (χ4n) is 4.29. The van der Waals surface area contributed by atoms with E-state index in [9.17, 15) is 18.6 Å². The molecule has 2 aromatic carbocycles. The third kappa shape index (κ3) is 4.16. The van der Waals surface area contributed by atoms with Gasteiger partial charge < -0.3 is 14.9 Å². The zero-order valence-electron chi connectivity index (χ0n) is 16.9. The molecule has 0 atom stereocenters. The minimum atomic E-state index is -3.67. The lowest BCUT2D eigenvalue weighted by Gasteiger charge is -2.42. The van der Waals surface area contributed by atoms with Crippen molar-refractivity contribution in [3.8, 4) is 0 Å². The molecule has 162 valence electrons. The third-order valence-corrected chi connectivity index (χ3v) is 8.03. The van der Waals surface area contributed by atoms with Gasteiger partial charge in [0.25, 0.3) is 0 Å². The van der Waals surface area contributed by atoms with Crippen LogP contribution in [0, 0.1) is 0 Å². The Morgan fingerprint density at radius 1 is 0.833 bits per heavy atom. The molecule has 0 aliphatic carbocycles. The van der Waals surface area contributed by atoms with Crippen LogP contribution in [0.25, 0.3) is 0 Å². The summed E-state index contributed by atoms with van der Waals surface area (Å²) in [6.07, 6.45) is 1.24. The van der Waals surface area contributed by atoms with Crippen molar-refractivity contribution in [1.29, 1.82) is 0 Å². The first-order chi connectivity index (χ1) is 14.5. The lowest BCUT2D eigenvalue weighted by atomic mass is 10.00. The number of aliphatic hydroxyl groups excluding tert-OH is 2. The summed E-state index contributed by atoms with van der Waals surface area (Å²) in [5.41, 5.74) is 1.96. The minimum Gasteiger partial charge on any atom is -0.392 e. The first-order valence-corrected chi connectivity index (χ1v) is 11.7. The topological polar surface area (TPSA) is 90.3 Å². The molecule has 2 heterocycles. The molecule has 2 aliphatic rings. The van der Waals surface area contributed by atoms with Crippen LogP contribution in [0.15, 0.2) is 53.4 Å². The van der Waals surface area contributed by atoms with Crippen molar-refractivity contribution >= 4 is 10.0 Å². The summed E-state index contributed by atoms with van der Waals surface area (Å²) >= 11 is 0. The third-order valence-electron chi connectivity index (χ3n) is 6.06. The Morgan fingerprint density at radius 2 is 1.37 bits per heavy atom. The maximum atomic E-state index is 13.3. The predicted octanol–water partition coefficient (Wildman–Crippen LogP) is 1.68. The van der Waals surface area contributed by atoms with Crippen molar-refractivity contribution in [1.82, 2.24) is 9.21 Å². The first kappa shape index (κ1) is 21.4. The van der Waals surface area contributed by atoms with Gasteiger partial charge in [-0.3, -0.25) is 4.90 Å². The van der Waals surface area contributed by atoms with Crippen LogP contribution in [0.4, 0.5) is 0 Å². The summed E-state index contributed by atoms with van der Waals surface area (Å²) in [5.74, 6) is 0. The fraction of sp³-hybridized carbons (Fsp3) is 0.455. The van der Waals surface area contributed by atoms with E-state index in [4.69, 9.17) is 4.74 Å². The molecular weight excluding hydrogens is 404 g/mol. The Kier molecular flexibility index (Phi) is 6.24. The van der Waals surface area contributed by atoms with Gasteiger partial charge in [-0.2, -0.15) is 4.31 Å². The molecule has 2 saturated heterocycles.